The average Bonchev–Trinajstić information content (AvgIpc) is 2.84. The molecule has 4 saturated carbocycles. The summed E-state index contributed by atoms with van der Waals surface area (Å²) in [5, 5.41) is 13.9. The summed E-state index contributed by atoms with van der Waals surface area (Å²) >= 11 is 1.81. The highest BCUT2D eigenvalue weighted by Gasteiger charge is 2.53. The minimum absolute atomic E-state index is 0.434. The second-order valence-corrected chi connectivity index (χ2v) is 7.93. The van der Waals surface area contributed by atoms with Crippen LogP contribution in [0.1, 0.15) is 38.5 Å². The van der Waals surface area contributed by atoms with Gasteiger partial charge >= 0.3 is 0 Å². The maximum atomic E-state index is 4.88. The summed E-state index contributed by atoms with van der Waals surface area (Å²) in [5.41, 5.74) is 1.87. The molecule has 100 valence electrons. The van der Waals surface area contributed by atoms with Crippen molar-refractivity contribution in [3.05, 3.63) is 6.33 Å². The van der Waals surface area contributed by atoms with E-state index in [1.807, 2.05) is 16.4 Å². The van der Waals surface area contributed by atoms with Crippen LogP contribution in [0.3, 0.4) is 0 Å². The molecule has 5 aliphatic rings. The Kier molecular flexibility index (Phi) is 2.08. The number of nitrogens with zero attached hydrogens (tertiary/aromatic N) is 4. The summed E-state index contributed by atoms with van der Waals surface area (Å²) in [6.07, 6.45) is 10.4. The van der Waals surface area contributed by atoms with Crippen molar-refractivity contribution in [1.82, 2.24) is 14.9 Å². The maximum absolute atomic E-state index is 4.88. The minimum Gasteiger partial charge on any atom is -0.195 e. The fraction of sp³-hybridized carbons (Fsp3) is 0.786. The molecule has 0 aromatic carbocycles. The molecular formula is C14H18N4S. The predicted octanol–water partition coefficient (Wildman–Crippen LogP) is 2.80. The van der Waals surface area contributed by atoms with Crippen LogP contribution in [-0.4, -0.2) is 26.3 Å². The number of hydrogen-bond donors (Lipinski definition) is 0. The highest BCUT2D eigenvalue weighted by Crippen LogP contribution is 2.61. The van der Waals surface area contributed by atoms with Gasteiger partial charge < -0.3 is 0 Å². The summed E-state index contributed by atoms with van der Waals surface area (Å²) in [6, 6.07) is 0. The van der Waals surface area contributed by atoms with E-state index in [0.29, 0.717) is 5.41 Å². The van der Waals surface area contributed by atoms with Crippen molar-refractivity contribution >= 4 is 17.5 Å². The average molecular weight is 274 g/mol. The Morgan fingerprint density at radius 1 is 1.11 bits per heavy atom. The lowest BCUT2D eigenvalue weighted by molar-refractivity contribution is -0.0128. The standard InChI is InChI=1S/C14H18N4S/c1-9-2-11-3-10(1)5-14(4-9,6-11)12-7-19-13-16-15-8-18(13)17-12/h8-11H,1-7H2. The van der Waals surface area contributed by atoms with Crippen LogP contribution in [0.5, 0.6) is 0 Å². The molecule has 5 heteroatoms. The lowest BCUT2D eigenvalue weighted by Crippen LogP contribution is -2.51. The molecule has 0 N–H and O–H groups in total. The molecule has 0 unspecified atom stereocenters. The Balaban J connectivity index is 1.56. The number of rotatable bonds is 1. The van der Waals surface area contributed by atoms with Crippen molar-refractivity contribution in [2.45, 2.75) is 43.7 Å². The molecule has 4 bridgehead atoms. The van der Waals surface area contributed by atoms with Crippen LogP contribution in [0.25, 0.3) is 0 Å². The quantitative estimate of drug-likeness (QED) is 0.791. The summed E-state index contributed by atoms with van der Waals surface area (Å²) in [7, 11) is 0. The topological polar surface area (TPSA) is 43.1 Å². The van der Waals surface area contributed by atoms with E-state index in [2.05, 4.69) is 10.2 Å². The van der Waals surface area contributed by atoms with Crippen LogP contribution < -0.4 is 0 Å². The Labute approximate surface area is 117 Å². The number of fused-ring (bicyclic) bond motifs is 1. The molecule has 2 heterocycles. The molecule has 0 spiro atoms. The van der Waals surface area contributed by atoms with Gasteiger partial charge in [0.1, 0.15) is 6.33 Å². The van der Waals surface area contributed by atoms with Gasteiger partial charge in [0, 0.05) is 11.2 Å². The van der Waals surface area contributed by atoms with Crippen LogP contribution in [0.15, 0.2) is 16.6 Å². The molecule has 0 atom stereocenters. The van der Waals surface area contributed by atoms with Gasteiger partial charge in [-0.25, -0.2) is 0 Å². The number of thioether (sulfide) groups is 1. The van der Waals surface area contributed by atoms with Crippen molar-refractivity contribution < 1.29 is 0 Å². The lowest BCUT2D eigenvalue weighted by Gasteiger charge is -2.57. The van der Waals surface area contributed by atoms with E-state index >= 15 is 0 Å². The molecule has 6 rings (SSSR count). The molecule has 1 aromatic heterocycles. The van der Waals surface area contributed by atoms with E-state index in [1.165, 1.54) is 44.2 Å². The molecule has 0 saturated heterocycles. The van der Waals surface area contributed by atoms with Crippen molar-refractivity contribution in [2.75, 3.05) is 5.75 Å². The molecule has 4 aliphatic carbocycles. The van der Waals surface area contributed by atoms with Crippen molar-refractivity contribution in [3.8, 4) is 0 Å². The van der Waals surface area contributed by atoms with E-state index < -0.39 is 0 Å². The van der Waals surface area contributed by atoms with Gasteiger partial charge in [0.05, 0.1) is 5.71 Å². The normalized spacial score (nSPS) is 43.2. The first kappa shape index (κ1) is 10.9. The zero-order chi connectivity index (χ0) is 12.4. The molecule has 1 aliphatic heterocycles. The van der Waals surface area contributed by atoms with Gasteiger partial charge in [-0.15, -0.1) is 10.2 Å². The van der Waals surface area contributed by atoms with Gasteiger partial charge in [0.2, 0.25) is 5.16 Å². The fourth-order valence-electron chi connectivity index (χ4n) is 5.40. The van der Waals surface area contributed by atoms with Crippen LogP contribution in [0.4, 0.5) is 0 Å². The SMILES string of the molecule is c1nnc2n1N=C(C13CC4CC(CC(C4)C1)C3)CS2. The Morgan fingerprint density at radius 3 is 2.47 bits per heavy atom. The second-order valence-electron chi connectivity index (χ2n) is 6.99. The highest BCUT2D eigenvalue weighted by molar-refractivity contribution is 7.99. The third-order valence-electron chi connectivity index (χ3n) is 5.72. The zero-order valence-corrected chi connectivity index (χ0v) is 11.8. The smallest absolute Gasteiger partial charge is 0.195 e. The Hall–Kier alpha value is -0.840. The first-order valence-corrected chi connectivity index (χ1v) is 8.40. The summed E-state index contributed by atoms with van der Waals surface area (Å²) in [6.45, 7) is 0. The van der Waals surface area contributed by atoms with Crippen LogP contribution >= 0.6 is 11.8 Å². The summed E-state index contributed by atoms with van der Waals surface area (Å²) < 4.78 is 1.89. The molecule has 0 amide bonds. The van der Waals surface area contributed by atoms with E-state index in [4.69, 9.17) is 5.10 Å². The van der Waals surface area contributed by atoms with Crippen molar-refractivity contribution in [3.63, 3.8) is 0 Å². The third kappa shape index (κ3) is 1.51. The Morgan fingerprint density at radius 2 is 1.79 bits per heavy atom. The van der Waals surface area contributed by atoms with Gasteiger partial charge in [-0.1, -0.05) is 11.8 Å². The van der Waals surface area contributed by atoms with Crippen molar-refractivity contribution in [2.24, 2.45) is 28.3 Å². The van der Waals surface area contributed by atoms with Gasteiger partial charge in [0.25, 0.3) is 0 Å². The first-order chi connectivity index (χ1) is 9.31. The van der Waals surface area contributed by atoms with E-state index in [1.54, 1.807) is 6.33 Å². The van der Waals surface area contributed by atoms with E-state index in [-0.39, 0.29) is 0 Å². The third-order valence-corrected chi connectivity index (χ3v) is 6.66. The van der Waals surface area contributed by atoms with Gasteiger partial charge in [-0.3, -0.25) is 0 Å². The van der Waals surface area contributed by atoms with Crippen LogP contribution in [0.2, 0.25) is 0 Å². The summed E-state index contributed by atoms with van der Waals surface area (Å²) in [5.74, 6) is 3.99. The molecule has 1 aromatic rings. The predicted molar refractivity (Wildman–Crippen MR) is 74.2 cm³/mol. The lowest BCUT2D eigenvalue weighted by atomic mass is 9.48. The number of hydrogen-bond acceptors (Lipinski definition) is 4. The van der Waals surface area contributed by atoms with E-state index in [0.717, 1.165) is 28.7 Å². The molecule has 4 fully saturated rings. The first-order valence-electron chi connectivity index (χ1n) is 7.42. The van der Waals surface area contributed by atoms with Gasteiger partial charge in [-0.05, 0) is 56.3 Å². The number of aromatic nitrogens is 3. The maximum Gasteiger partial charge on any atom is 0.212 e. The molecular weight excluding hydrogens is 256 g/mol. The fourth-order valence-corrected chi connectivity index (χ4v) is 6.35. The second kappa shape index (κ2) is 3.62. The minimum atomic E-state index is 0.434. The highest BCUT2D eigenvalue weighted by atomic mass is 32.2. The molecule has 4 nitrogen and oxygen atoms in total. The largest absolute Gasteiger partial charge is 0.212 e. The molecule has 0 radical (unpaired) electrons. The summed E-state index contributed by atoms with van der Waals surface area (Å²) in [4.78, 5) is 0. The monoisotopic (exact) mass is 274 g/mol. The van der Waals surface area contributed by atoms with Crippen LogP contribution in [0, 0.1) is 23.2 Å². The van der Waals surface area contributed by atoms with E-state index in [9.17, 15) is 0 Å². The zero-order valence-electron chi connectivity index (χ0n) is 11.0. The van der Waals surface area contributed by atoms with Gasteiger partial charge in [-0.2, -0.15) is 9.78 Å². The van der Waals surface area contributed by atoms with Crippen LogP contribution in [-0.2, 0) is 0 Å². The molecule has 19 heavy (non-hydrogen) atoms. The Bertz CT molecular complexity index is 526. The van der Waals surface area contributed by atoms with Gasteiger partial charge in [0.15, 0.2) is 0 Å². The van der Waals surface area contributed by atoms with Crippen molar-refractivity contribution in [1.29, 1.82) is 0 Å².